The summed E-state index contributed by atoms with van der Waals surface area (Å²) in [5, 5.41) is 12.5. The Morgan fingerprint density at radius 1 is 1.14 bits per heavy atom. The van der Waals surface area contributed by atoms with Crippen molar-refractivity contribution < 1.29 is 13.9 Å². The van der Waals surface area contributed by atoms with Crippen molar-refractivity contribution >= 4 is 0 Å². The number of aryl methyl sites for hydroxylation is 1. The summed E-state index contributed by atoms with van der Waals surface area (Å²) in [6.07, 6.45) is 3.20. The number of aromatic hydroxyl groups is 1. The molecule has 0 amide bonds. The molecule has 1 aliphatic rings. The number of rotatable bonds is 3. The lowest BCUT2D eigenvalue weighted by atomic mass is 9.87. The Bertz CT molecular complexity index is 634. The van der Waals surface area contributed by atoms with Gasteiger partial charge in [-0.3, -0.25) is 0 Å². The van der Waals surface area contributed by atoms with Crippen molar-refractivity contribution in [1.29, 1.82) is 0 Å². The number of benzene rings is 2. The van der Waals surface area contributed by atoms with E-state index in [0.29, 0.717) is 12.1 Å². The van der Waals surface area contributed by atoms with Gasteiger partial charge in [-0.2, -0.15) is 0 Å². The van der Waals surface area contributed by atoms with Crippen LogP contribution in [0.4, 0.5) is 8.78 Å². The van der Waals surface area contributed by atoms with E-state index in [9.17, 15) is 8.78 Å². The zero-order chi connectivity index (χ0) is 14.8. The minimum atomic E-state index is -0.921. The Labute approximate surface area is 122 Å². The summed E-state index contributed by atoms with van der Waals surface area (Å²) < 4.78 is 26.7. The van der Waals surface area contributed by atoms with Crippen molar-refractivity contribution in [3.8, 4) is 5.75 Å². The first kappa shape index (κ1) is 14.0. The van der Waals surface area contributed by atoms with Gasteiger partial charge in [-0.1, -0.05) is 24.3 Å². The van der Waals surface area contributed by atoms with E-state index in [1.165, 1.54) is 23.3 Å². The lowest BCUT2D eigenvalue weighted by Crippen LogP contribution is -2.24. The molecule has 1 aliphatic carbocycles. The van der Waals surface area contributed by atoms with Crippen LogP contribution in [0.15, 0.2) is 36.4 Å². The van der Waals surface area contributed by atoms with Crippen LogP contribution in [-0.2, 0) is 13.0 Å². The van der Waals surface area contributed by atoms with Gasteiger partial charge in [0.25, 0.3) is 0 Å². The largest absolute Gasteiger partial charge is 0.503 e. The molecule has 4 heteroatoms. The number of phenols is 1. The van der Waals surface area contributed by atoms with Crippen molar-refractivity contribution in [2.24, 2.45) is 0 Å². The molecule has 2 aromatic rings. The molecular weight excluding hydrogens is 272 g/mol. The van der Waals surface area contributed by atoms with Crippen LogP contribution in [-0.4, -0.2) is 5.11 Å². The highest BCUT2D eigenvalue weighted by atomic mass is 19.1. The molecule has 0 saturated carbocycles. The minimum absolute atomic E-state index is 0.204. The molecule has 2 aromatic carbocycles. The summed E-state index contributed by atoms with van der Waals surface area (Å²) in [6.45, 7) is 0.368. The van der Waals surface area contributed by atoms with Crippen LogP contribution in [0, 0.1) is 11.6 Å². The molecule has 0 heterocycles. The van der Waals surface area contributed by atoms with E-state index in [2.05, 4.69) is 17.4 Å². The van der Waals surface area contributed by atoms with Gasteiger partial charge in [0.2, 0.25) is 0 Å². The molecule has 0 bridgehead atoms. The Kier molecular flexibility index (Phi) is 3.88. The van der Waals surface area contributed by atoms with Crippen LogP contribution in [0.3, 0.4) is 0 Å². The lowest BCUT2D eigenvalue weighted by Gasteiger charge is -2.26. The van der Waals surface area contributed by atoms with Crippen molar-refractivity contribution in [2.45, 2.75) is 31.8 Å². The summed E-state index contributed by atoms with van der Waals surface area (Å²) in [5.41, 5.74) is 3.10. The van der Waals surface area contributed by atoms with Crippen molar-refractivity contribution in [3.63, 3.8) is 0 Å². The van der Waals surface area contributed by atoms with Gasteiger partial charge in [0.05, 0.1) is 0 Å². The quantitative estimate of drug-likeness (QED) is 0.900. The molecular formula is C17H17F2NO. The second kappa shape index (κ2) is 5.82. The van der Waals surface area contributed by atoms with Crippen molar-refractivity contribution in [3.05, 3.63) is 64.7 Å². The molecule has 110 valence electrons. The predicted molar refractivity (Wildman–Crippen MR) is 77.0 cm³/mol. The summed E-state index contributed by atoms with van der Waals surface area (Å²) >= 11 is 0. The highest BCUT2D eigenvalue weighted by Gasteiger charge is 2.19. The zero-order valence-corrected chi connectivity index (χ0v) is 11.6. The average Bonchev–Trinajstić information content (AvgIpc) is 2.50. The monoisotopic (exact) mass is 289 g/mol. The molecule has 0 aromatic heterocycles. The van der Waals surface area contributed by atoms with Crippen LogP contribution < -0.4 is 5.32 Å². The predicted octanol–water partition coefficient (Wildman–Crippen LogP) is 3.84. The van der Waals surface area contributed by atoms with E-state index in [-0.39, 0.29) is 6.04 Å². The number of nitrogens with one attached hydrogen (secondary N) is 1. The number of fused-ring (bicyclic) bond motifs is 1. The number of hydrogen-bond acceptors (Lipinski definition) is 2. The fourth-order valence-corrected chi connectivity index (χ4v) is 2.93. The van der Waals surface area contributed by atoms with E-state index in [0.717, 1.165) is 19.3 Å². The van der Waals surface area contributed by atoms with E-state index < -0.39 is 17.4 Å². The third-order valence-electron chi connectivity index (χ3n) is 4.00. The molecule has 0 radical (unpaired) electrons. The summed E-state index contributed by atoms with van der Waals surface area (Å²) in [6, 6.07) is 10.8. The van der Waals surface area contributed by atoms with Crippen LogP contribution in [0.1, 0.15) is 35.6 Å². The molecule has 1 unspecified atom stereocenters. The van der Waals surface area contributed by atoms with Gasteiger partial charge in [0, 0.05) is 12.6 Å². The molecule has 0 saturated heterocycles. The SMILES string of the molecule is Oc1c(F)cc(CNC2CCCc3ccccc32)cc1F. The summed E-state index contributed by atoms with van der Waals surface area (Å²) in [5.74, 6) is -2.76. The summed E-state index contributed by atoms with van der Waals surface area (Å²) in [4.78, 5) is 0. The Balaban J connectivity index is 1.74. The lowest BCUT2D eigenvalue weighted by molar-refractivity contribution is 0.394. The molecule has 2 nitrogen and oxygen atoms in total. The van der Waals surface area contributed by atoms with Crippen molar-refractivity contribution in [1.82, 2.24) is 5.32 Å². The van der Waals surface area contributed by atoms with Gasteiger partial charge in [0.15, 0.2) is 17.4 Å². The molecule has 2 N–H and O–H groups in total. The number of halogens is 2. The molecule has 0 aliphatic heterocycles. The van der Waals surface area contributed by atoms with Gasteiger partial charge in [-0.15, -0.1) is 0 Å². The zero-order valence-electron chi connectivity index (χ0n) is 11.6. The maximum absolute atomic E-state index is 13.3. The molecule has 0 fully saturated rings. The van der Waals surface area contributed by atoms with Crippen LogP contribution >= 0.6 is 0 Å². The maximum Gasteiger partial charge on any atom is 0.187 e. The van der Waals surface area contributed by atoms with Crippen LogP contribution in [0.2, 0.25) is 0 Å². The molecule has 21 heavy (non-hydrogen) atoms. The minimum Gasteiger partial charge on any atom is -0.503 e. The highest BCUT2D eigenvalue weighted by Crippen LogP contribution is 2.30. The first-order chi connectivity index (χ1) is 10.1. The Hall–Kier alpha value is -1.94. The first-order valence-electron chi connectivity index (χ1n) is 7.13. The second-order valence-electron chi connectivity index (χ2n) is 5.43. The van der Waals surface area contributed by atoms with Gasteiger partial charge in [-0.25, -0.2) is 8.78 Å². The topological polar surface area (TPSA) is 32.3 Å². The Morgan fingerprint density at radius 2 is 1.86 bits per heavy atom. The maximum atomic E-state index is 13.3. The van der Waals surface area contributed by atoms with E-state index in [1.54, 1.807) is 0 Å². The van der Waals surface area contributed by atoms with Crippen molar-refractivity contribution in [2.75, 3.05) is 0 Å². The fourth-order valence-electron chi connectivity index (χ4n) is 2.93. The second-order valence-corrected chi connectivity index (χ2v) is 5.43. The first-order valence-corrected chi connectivity index (χ1v) is 7.13. The third-order valence-corrected chi connectivity index (χ3v) is 4.00. The number of hydrogen-bond donors (Lipinski definition) is 2. The standard InChI is InChI=1S/C17H17F2NO/c18-14-8-11(9-15(19)17(14)21)10-20-16-7-3-5-12-4-1-2-6-13(12)16/h1-2,4,6,8-9,16,20-21H,3,5,7,10H2. The van der Waals surface area contributed by atoms with Gasteiger partial charge in [0.1, 0.15) is 0 Å². The molecule has 3 rings (SSSR count). The smallest absolute Gasteiger partial charge is 0.187 e. The van der Waals surface area contributed by atoms with Crippen LogP contribution in [0.5, 0.6) is 5.75 Å². The van der Waals surface area contributed by atoms with E-state index in [1.807, 2.05) is 12.1 Å². The summed E-state index contributed by atoms with van der Waals surface area (Å²) in [7, 11) is 0. The van der Waals surface area contributed by atoms with Crippen LogP contribution in [0.25, 0.3) is 0 Å². The third kappa shape index (κ3) is 2.90. The van der Waals surface area contributed by atoms with Gasteiger partial charge >= 0.3 is 0 Å². The number of phenolic OH excluding ortho intramolecular Hbond substituents is 1. The highest BCUT2D eigenvalue weighted by molar-refractivity contribution is 5.33. The average molecular weight is 289 g/mol. The van der Waals surface area contributed by atoms with Gasteiger partial charge in [-0.05, 0) is 48.1 Å². The van der Waals surface area contributed by atoms with Gasteiger partial charge < -0.3 is 10.4 Å². The fraction of sp³-hybridized carbons (Fsp3) is 0.294. The van der Waals surface area contributed by atoms with E-state index in [4.69, 9.17) is 5.11 Å². The molecule has 1 atom stereocenters. The normalized spacial score (nSPS) is 17.5. The Morgan fingerprint density at radius 3 is 2.62 bits per heavy atom. The van der Waals surface area contributed by atoms with E-state index >= 15 is 0 Å². The molecule has 0 spiro atoms.